The van der Waals surface area contributed by atoms with Gasteiger partial charge in [0.25, 0.3) is 0 Å². The van der Waals surface area contributed by atoms with Gasteiger partial charge in [0.1, 0.15) is 0 Å². The Morgan fingerprint density at radius 1 is 1.24 bits per heavy atom. The van der Waals surface area contributed by atoms with Crippen LogP contribution in [-0.4, -0.2) is 24.8 Å². The molecule has 0 aromatic rings. The van der Waals surface area contributed by atoms with Crippen LogP contribution >= 0.6 is 0 Å². The molecule has 17 heavy (non-hydrogen) atoms. The molecule has 1 fully saturated rings. The van der Waals surface area contributed by atoms with Crippen molar-refractivity contribution in [2.24, 2.45) is 17.6 Å². The zero-order valence-electron chi connectivity index (χ0n) is 10.5. The van der Waals surface area contributed by atoms with Crippen LogP contribution in [-0.2, 0) is 19.1 Å². The topological polar surface area (TPSA) is 78.6 Å². The van der Waals surface area contributed by atoms with Gasteiger partial charge in [-0.05, 0) is 38.1 Å². The van der Waals surface area contributed by atoms with Crippen molar-refractivity contribution in [2.45, 2.75) is 45.8 Å². The monoisotopic (exact) mass is 243 g/mol. The highest BCUT2D eigenvalue weighted by molar-refractivity contribution is 5.73. The SMILES string of the molecule is CC(=O)OC(C)OC(=O)[C@H]1CC[C@H](CN)CC1. The third kappa shape index (κ3) is 4.73. The van der Waals surface area contributed by atoms with E-state index >= 15 is 0 Å². The minimum atomic E-state index is -0.799. The van der Waals surface area contributed by atoms with Gasteiger partial charge in [-0.3, -0.25) is 9.59 Å². The second-order valence-electron chi connectivity index (χ2n) is 4.57. The first kappa shape index (κ1) is 14.0. The lowest BCUT2D eigenvalue weighted by atomic mass is 9.82. The van der Waals surface area contributed by atoms with E-state index in [4.69, 9.17) is 15.2 Å². The molecule has 1 aliphatic carbocycles. The van der Waals surface area contributed by atoms with E-state index in [1.807, 2.05) is 0 Å². The first-order valence-electron chi connectivity index (χ1n) is 6.10. The summed E-state index contributed by atoms with van der Waals surface area (Å²) >= 11 is 0. The first-order chi connectivity index (χ1) is 8.02. The maximum atomic E-state index is 11.7. The van der Waals surface area contributed by atoms with Gasteiger partial charge in [-0.25, -0.2) is 0 Å². The van der Waals surface area contributed by atoms with Gasteiger partial charge in [-0.1, -0.05) is 0 Å². The smallest absolute Gasteiger partial charge is 0.311 e. The molecular weight excluding hydrogens is 222 g/mol. The quantitative estimate of drug-likeness (QED) is 0.593. The summed E-state index contributed by atoms with van der Waals surface area (Å²) < 4.78 is 9.81. The number of ether oxygens (including phenoxy) is 2. The van der Waals surface area contributed by atoms with Crippen molar-refractivity contribution >= 4 is 11.9 Å². The van der Waals surface area contributed by atoms with Crippen molar-refractivity contribution in [1.82, 2.24) is 0 Å². The highest BCUT2D eigenvalue weighted by atomic mass is 16.7. The van der Waals surface area contributed by atoms with Crippen molar-refractivity contribution in [3.05, 3.63) is 0 Å². The van der Waals surface area contributed by atoms with E-state index < -0.39 is 12.3 Å². The number of hydrogen-bond acceptors (Lipinski definition) is 5. The molecule has 0 aromatic carbocycles. The van der Waals surface area contributed by atoms with Crippen molar-refractivity contribution in [2.75, 3.05) is 6.54 Å². The fourth-order valence-corrected chi connectivity index (χ4v) is 2.15. The molecule has 0 aliphatic heterocycles. The summed E-state index contributed by atoms with van der Waals surface area (Å²) in [4.78, 5) is 22.4. The van der Waals surface area contributed by atoms with Crippen LogP contribution in [0.4, 0.5) is 0 Å². The van der Waals surface area contributed by atoms with E-state index in [9.17, 15) is 9.59 Å². The Morgan fingerprint density at radius 3 is 2.29 bits per heavy atom. The normalized spacial score (nSPS) is 26.1. The van der Waals surface area contributed by atoms with Crippen LogP contribution in [0, 0.1) is 11.8 Å². The Hall–Kier alpha value is -1.10. The first-order valence-corrected chi connectivity index (χ1v) is 6.10. The standard InChI is InChI=1S/C12H21NO4/c1-8(14)16-9(2)17-12(15)11-5-3-10(7-13)4-6-11/h9-11H,3-7,13H2,1-2H3/t9?,10-,11-. The van der Waals surface area contributed by atoms with Crippen molar-refractivity contribution in [3.8, 4) is 0 Å². The van der Waals surface area contributed by atoms with Crippen molar-refractivity contribution in [3.63, 3.8) is 0 Å². The van der Waals surface area contributed by atoms with Crippen molar-refractivity contribution in [1.29, 1.82) is 0 Å². The zero-order chi connectivity index (χ0) is 12.8. The Morgan fingerprint density at radius 2 is 1.82 bits per heavy atom. The fraction of sp³-hybridized carbons (Fsp3) is 0.833. The lowest BCUT2D eigenvalue weighted by Gasteiger charge is -2.27. The predicted molar refractivity (Wildman–Crippen MR) is 61.8 cm³/mol. The Labute approximate surface area is 102 Å². The molecule has 1 unspecified atom stereocenters. The number of rotatable bonds is 4. The summed E-state index contributed by atoms with van der Waals surface area (Å²) in [5.74, 6) is -0.257. The molecule has 0 spiro atoms. The van der Waals surface area contributed by atoms with Gasteiger partial charge in [-0.15, -0.1) is 0 Å². The molecule has 0 saturated heterocycles. The molecule has 5 heteroatoms. The van der Waals surface area contributed by atoms with Gasteiger partial charge in [0.05, 0.1) is 5.92 Å². The summed E-state index contributed by atoms with van der Waals surface area (Å²) in [6.45, 7) is 3.52. The molecule has 1 rings (SSSR count). The molecule has 0 bridgehead atoms. The largest absolute Gasteiger partial charge is 0.426 e. The number of carbonyl (C=O) groups is 2. The van der Waals surface area contributed by atoms with Crippen LogP contribution in [0.25, 0.3) is 0 Å². The van der Waals surface area contributed by atoms with Gasteiger partial charge < -0.3 is 15.2 Å². The van der Waals surface area contributed by atoms with E-state index in [0.717, 1.165) is 25.7 Å². The number of nitrogens with two attached hydrogens (primary N) is 1. The van der Waals surface area contributed by atoms with E-state index in [2.05, 4.69) is 0 Å². The molecule has 5 nitrogen and oxygen atoms in total. The second-order valence-corrected chi connectivity index (χ2v) is 4.57. The maximum Gasteiger partial charge on any atom is 0.311 e. The van der Waals surface area contributed by atoms with Crippen LogP contribution in [0.2, 0.25) is 0 Å². The minimum Gasteiger partial charge on any atom is -0.426 e. The van der Waals surface area contributed by atoms with Crippen LogP contribution < -0.4 is 5.73 Å². The number of carbonyl (C=O) groups excluding carboxylic acids is 2. The molecule has 2 N–H and O–H groups in total. The van der Waals surface area contributed by atoms with E-state index in [-0.39, 0.29) is 11.9 Å². The van der Waals surface area contributed by atoms with Gasteiger partial charge in [0.15, 0.2) is 0 Å². The van der Waals surface area contributed by atoms with Gasteiger partial charge in [0.2, 0.25) is 6.29 Å². The van der Waals surface area contributed by atoms with Gasteiger partial charge in [0, 0.05) is 13.8 Å². The third-order valence-electron chi connectivity index (χ3n) is 3.13. The third-order valence-corrected chi connectivity index (χ3v) is 3.13. The van der Waals surface area contributed by atoms with E-state index in [0.29, 0.717) is 12.5 Å². The molecular formula is C12H21NO4. The molecule has 98 valence electrons. The van der Waals surface area contributed by atoms with E-state index in [1.165, 1.54) is 6.92 Å². The average Bonchev–Trinajstić information content (AvgIpc) is 2.28. The Balaban J connectivity index is 2.31. The number of hydrogen-bond donors (Lipinski definition) is 1. The fourth-order valence-electron chi connectivity index (χ4n) is 2.15. The lowest BCUT2D eigenvalue weighted by Crippen LogP contribution is -2.30. The van der Waals surface area contributed by atoms with Crippen LogP contribution in [0.1, 0.15) is 39.5 Å². The van der Waals surface area contributed by atoms with Gasteiger partial charge >= 0.3 is 11.9 Å². The van der Waals surface area contributed by atoms with Crippen LogP contribution in [0.3, 0.4) is 0 Å². The molecule has 0 amide bonds. The van der Waals surface area contributed by atoms with Crippen LogP contribution in [0.15, 0.2) is 0 Å². The zero-order valence-corrected chi connectivity index (χ0v) is 10.5. The minimum absolute atomic E-state index is 0.0733. The highest BCUT2D eigenvalue weighted by Gasteiger charge is 2.28. The number of esters is 2. The summed E-state index contributed by atoms with van der Waals surface area (Å²) in [5, 5.41) is 0. The second kappa shape index (κ2) is 6.59. The molecule has 1 saturated carbocycles. The van der Waals surface area contributed by atoms with Gasteiger partial charge in [-0.2, -0.15) is 0 Å². The molecule has 0 aromatic heterocycles. The average molecular weight is 243 g/mol. The lowest BCUT2D eigenvalue weighted by molar-refractivity contribution is -0.186. The Bertz CT molecular complexity index is 272. The predicted octanol–water partition coefficient (Wildman–Crippen LogP) is 1.20. The van der Waals surface area contributed by atoms with Crippen LogP contribution in [0.5, 0.6) is 0 Å². The highest BCUT2D eigenvalue weighted by Crippen LogP contribution is 2.29. The summed E-state index contributed by atoms with van der Waals surface area (Å²) in [7, 11) is 0. The molecule has 1 aliphatic rings. The summed E-state index contributed by atoms with van der Waals surface area (Å²) in [5.41, 5.74) is 5.59. The summed E-state index contributed by atoms with van der Waals surface area (Å²) in [6, 6.07) is 0. The molecule has 0 radical (unpaired) electrons. The van der Waals surface area contributed by atoms with E-state index in [1.54, 1.807) is 6.92 Å². The van der Waals surface area contributed by atoms with Crippen molar-refractivity contribution < 1.29 is 19.1 Å². The molecule has 0 heterocycles. The molecule has 1 atom stereocenters. The summed E-state index contributed by atoms with van der Waals surface area (Å²) in [6.07, 6.45) is 2.77. The Kier molecular flexibility index (Phi) is 5.41. The maximum absolute atomic E-state index is 11.7.